The van der Waals surface area contributed by atoms with Crippen LogP contribution in [-0.4, -0.2) is 0 Å². The summed E-state index contributed by atoms with van der Waals surface area (Å²) in [5.41, 5.74) is 14.9. The van der Waals surface area contributed by atoms with Gasteiger partial charge in [0.25, 0.3) is 0 Å². The molecule has 0 saturated heterocycles. The Kier molecular flexibility index (Phi) is 7.67. The van der Waals surface area contributed by atoms with Crippen molar-refractivity contribution >= 4 is 66.6 Å². The molecule has 1 aliphatic carbocycles. The highest BCUT2D eigenvalue weighted by Crippen LogP contribution is 2.46. The summed E-state index contributed by atoms with van der Waals surface area (Å²) in [6.07, 6.45) is 6.78. The van der Waals surface area contributed by atoms with Crippen molar-refractivity contribution < 1.29 is 4.42 Å². The normalized spacial score (nSPS) is 12.4. The molecule has 0 bridgehead atoms. The molecule has 0 unspecified atom stereocenters. The highest BCUT2D eigenvalue weighted by molar-refractivity contribution is 6.17. The van der Waals surface area contributed by atoms with Crippen LogP contribution in [0.4, 0.5) is 17.1 Å². The van der Waals surface area contributed by atoms with Crippen LogP contribution < -0.4 is 4.90 Å². The number of furan rings is 1. The molecule has 0 saturated carbocycles. The highest BCUT2D eigenvalue weighted by atomic mass is 16.3. The lowest BCUT2D eigenvalue weighted by Crippen LogP contribution is -2.11. The fourth-order valence-electron chi connectivity index (χ4n) is 8.86. The van der Waals surface area contributed by atoms with E-state index in [1.165, 1.54) is 49.5 Å². The SMILES string of the molecule is C1=Cc2c(cccc2-c2ccc(N(c3cccc(-c4cccc5ccccc45)c3)c3ccccc3-c3cccc4c3oc3c5ccccc5ccc43)cc2)CC1. The van der Waals surface area contributed by atoms with Gasteiger partial charge in [-0.2, -0.15) is 0 Å². The van der Waals surface area contributed by atoms with Gasteiger partial charge >= 0.3 is 0 Å². The van der Waals surface area contributed by atoms with Gasteiger partial charge in [-0.25, -0.2) is 0 Å². The van der Waals surface area contributed by atoms with Crippen molar-refractivity contribution in [3.8, 4) is 33.4 Å². The number of nitrogens with zero attached hydrogens (tertiary/aromatic N) is 1. The second-order valence-corrected chi connectivity index (χ2v) is 14.7. The first-order valence-electron chi connectivity index (χ1n) is 19.5. The number of hydrogen-bond acceptors (Lipinski definition) is 2. The topological polar surface area (TPSA) is 16.4 Å². The van der Waals surface area contributed by atoms with E-state index in [1.54, 1.807) is 0 Å². The minimum Gasteiger partial charge on any atom is -0.455 e. The monoisotopic (exact) mass is 715 g/mol. The van der Waals surface area contributed by atoms with E-state index in [1.807, 2.05) is 0 Å². The van der Waals surface area contributed by atoms with Crippen LogP contribution >= 0.6 is 0 Å². The predicted octanol–water partition coefficient (Wildman–Crippen LogP) is 15.3. The smallest absolute Gasteiger partial charge is 0.143 e. The highest BCUT2D eigenvalue weighted by Gasteiger charge is 2.22. The Morgan fingerprint density at radius 2 is 1.07 bits per heavy atom. The third kappa shape index (κ3) is 5.33. The molecule has 0 atom stereocenters. The molecule has 0 spiro atoms. The van der Waals surface area contributed by atoms with E-state index >= 15 is 0 Å². The third-order valence-corrected chi connectivity index (χ3v) is 11.5. The summed E-state index contributed by atoms with van der Waals surface area (Å²) in [7, 11) is 0. The van der Waals surface area contributed by atoms with Crippen molar-refractivity contribution in [2.75, 3.05) is 4.90 Å². The van der Waals surface area contributed by atoms with E-state index < -0.39 is 0 Å². The fourth-order valence-corrected chi connectivity index (χ4v) is 8.86. The molecule has 0 fully saturated rings. The lowest BCUT2D eigenvalue weighted by Gasteiger charge is -2.28. The van der Waals surface area contributed by atoms with E-state index in [-0.39, 0.29) is 0 Å². The van der Waals surface area contributed by atoms with Crippen molar-refractivity contribution in [1.29, 1.82) is 0 Å². The van der Waals surface area contributed by atoms with Crippen LogP contribution in [0.1, 0.15) is 17.5 Å². The van der Waals surface area contributed by atoms with Crippen molar-refractivity contribution in [3.05, 3.63) is 205 Å². The molecule has 56 heavy (non-hydrogen) atoms. The molecule has 1 aromatic heterocycles. The predicted molar refractivity (Wildman–Crippen MR) is 237 cm³/mol. The molecule has 11 rings (SSSR count). The Hall–Kier alpha value is -7.16. The molecule has 1 heterocycles. The van der Waals surface area contributed by atoms with E-state index in [0.717, 1.165) is 68.4 Å². The van der Waals surface area contributed by atoms with Crippen LogP contribution in [0, 0.1) is 0 Å². The van der Waals surface area contributed by atoms with Gasteiger partial charge in [-0.3, -0.25) is 0 Å². The molecule has 2 heteroatoms. The molecule has 264 valence electrons. The summed E-state index contributed by atoms with van der Waals surface area (Å²) in [5, 5.41) is 7.03. The lowest BCUT2D eigenvalue weighted by molar-refractivity contribution is 0.674. The third-order valence-electron chi connectivity index (χ3n) is 11.5. The van der Waals surface area contributed by atoms with Crippen molar-refractivity contribution in [2.24, 2.45) is 0 Å². The molecule has 2 nitrogen and oxygen atoms in total. The Bertz CT molecular complexity index is 3140. The summed E-state index contributed by atoms with van der Waals surface area (Å²) >= 11 is 0. The van der Waals surface area contributed by atoms with Crippen molar-refractivity contribution in [1.82, 2.24) is 0 Å². The first-order chi connectivity index (χ1) is 27.8. The molecule has 0 aliphatic heterocycles. The second-order valence-electron chi connectivity index (χ2n) is 14.7. The minimum atomic E-state index is 0.896. The first-order valence-corrected chi connectivity index (χ1v) is 19.5. The van der Waals surface area contributed by atoms with Gasteiger partial charge in [0.1, 0.15) is 11.2 Å². The van der Waals surface area contributed by atoms with Gasteiger partial charge in [0.05, 0.1) is 5.69 Å². The maximum atomic E-state index is 6.90. The Morgan fingerprint density at radius 1 is 0.411 bits per heavy atom. The molecular weight excluding hydrogens is 679 g/mol. The summed E-state index contributed by atoms with van der Waals surface area (Å²) in [6.45, 7) is 0. The first kappa shape index (κ1) is 32.3. The number of fused-ring (bicyclic) bond motifs is 7. The summed E-state index contributed by atoms with van der Waals surface area (Å²) in [5.74, 6) is 0. The van der Waals surface area contributed by atoms with Gasteiger partial charge < -0.3 is 9.32 Å². The molecule has 10 aromatic rings. The number of aryl methyl sites for hydroxylation is 1. The fraction of sp³-hybridized carbons (Fsp3) is 0.0370. The zero-order valence-electron chi connectivity index (χ0n) is 30.8. The van der Waals surface area contributed by atoms with Crippen LogP contribution in [0.2, 0.25) is 0 Å². The van der Waals surface area contributed by atoms with Crippen LogP contribution in [0.15, 0.2) is 199 Å². The van der Waals surface area contributed by atoms with Gasteiger partial charge in [0.2, 0.25) is 0 Å². The Morgan fingerprint density at radius 3 is 1.98 bits per heavy atom. The van der Waals surface area contributed by atoms with Crippen molar-refractivity contribution in [3.63, 3.8) is 0 Å². The molecule has 0 N–H and O–H groups in total. The maximum absolute atomic E-state index is 6.90. The van der Waals surface area contributed by atoms with E-state index in [9.17, 15) is 0 Å². The number of benzene rings is 9. The zero-order valence-corrected chi connectivity index (χ0v) is 30.8. The Labute approximate surface area is 326 Å². The summed E-state index contributed by atoms with van der Waals surface area (Å²) < 4.78 is 6.90. The molecule has 1 aliphatic rings. The molecule has 0 amide bonds. The average molecular weight is 716 g/mol. The van der Waals surface area contributed by atoms with Crippen LogP contribution in [0.25, 0.3) is 82.9 Å². The summed E-state index contributed by atoms with van der Waals surface area (Å²) in [4.78, 5) is 2.41. The zero-order chi connectivity index (χ0) is 37.0. The van der Waals surface area contributed by atoms with Gasteiger partial charge in [-0.05, 0) is 98.8 Å². The van der Waals surface area contributed by atoms with Crippen LogP contribution in [0.3, 0.4) is 0 Å². The number of rotatable bonds is 6. The second kappa shape index (κ2) is 13.3. The lowest BCUT2D eigenvalue weighted by atomic mass is 9.90. The van der Waals surface area contributed by atoms with E-state index in [4.69, 9.17) is 4.42 Å². The molecule has 9 aromatic carbocycles. The van der Waals surface area contributed by atoms with Crippen LogP contribution in [-0.2, 0) is 6.42 Å². The number of para-hydroxylation sites is 2. The number of allylic oxidation sites excluding steroid dienone is 1. The quantitative estimate of drug-likeness (QED) is 0.170. The standard InChI is InChI=1S/C54H37NO/c1-4-20-43-36(13-1)16-10-24-45(43)39-29-32-41(33-30-39)55(42-19-9-18-40(35-42)46-25-11-17-37-14-2-5-21-44(37)46)52-28-8-7-23-48(52)49-26-12-27-50-51-34-31-38-15-3-6-22-47(38)53(51)56-54(49)50/h2-12,14-35H,1,13H2. The van der Waals surface area contributed by atoms with E-state index in [2.05, 4.69) is 205 Å². The average Bonchev–Trinajstić information content (AvgIpc) is 3.66. The largest absolute Gasteiger partial charge is 0.455 e. The van der Waals surface area contributed by atoms with Gasteiger partial charge in [-0.1, -0.05) is 164 Å². The van der Waals surface area contributed by atoms with Gasteiger partial charge in [-0.15, -0.1) is 0 Å². The van der Waals surface area contributed by atoms with Gasteiger partial charge in [0.15, 0.2) is 0 Å². The molecular formula is C54H37NO. The van der Waals surface area contributed by atoms with Crippen molar-refractivity contribution in [2.45, 2.75) is 12.8 Å². The van der Waals surface area contributed by atoms with E-state index in [0.29, 0.717) is 0 Å². The number of hydrogen-bond donors (Lipinski definition) is 0. The number of anilines is 3. The minimum absolute atomic E-state index is 0.896. The Balaban J connectivity index is 1.11. The molecule has 0 radical (unpaired) electrons. The van der Waals surface area contributed by atoms with Crippen LogP contribution in [0.5, 0.6) is 0 Å². The summed E-state index contributed by atoms with van der Waals surface area (Å²) in [6, 6.07) is 68.2. The van der Waals surface area contributed by atoms with Gasteiger partial charge in [0, 0.05) is 38.7 Å². The maximum Gasteiger partial charge on any atom is 0.143 e.